The third-order valence-electron chi connectivity index (χ3n) is 13.0. The lowest BCUT2D eigenvalue weighted by molar-refractivity contribution is 0.628. The van der Waals surface area contributed by atoms with E-state index in [-0.39, 0.29) is 5.82 Å². The molecule has 0 bridgehead atoms. The normalized spacial score (nSPS) is 12.8. The highest BCUT2D eigenvalue weighted by Gasteiger charge is 2.51. The van der Waals surface area contributed by atoms with Crippen LogP contribution in [0.5, 0.6) is 0 Å². The van der Waals surface area contributed by atoms with E-state index in [1.54, 1.807) is 0 Å². The molecule has 10 aromatic rings. The van der Waals surface area contributed by atoms with E-state index in [4.69, 9.17) is 0 Å². The number of nitrogens with zero attached hydrogens (tertiary/aromatic N) is 1. The Morgan fingerprint density at radius 1 is 0.295 bits per heavy atom. The first-order valence-corrected chi connectivity index (χ1v) is 20.9. The zero-order valence-corrected chi connectivity index (χ0v) is 33.3. The van der Waals surface area contributed by atoms with Gasteiger partial charge in [-0.25, -0.2) is 4.39 Å². The standard InChI is InChI=1S/C59H38FN/c60-44-30-24-41(25-31-44)48-19-10-14-43-15-11-20-49(58(43)48)42-28-34-46(35-29-42)61(45-32-26-40(27-33-45)39-12-2-1-3-13-39)47-36-37-57-53(38-47)52-18-6-9-23-56(52)59(57)54-21-7-4-16-50(54)51-17-5-8-22-55(51)59/h1-38H. The van der Waals surface area contributed by atoms with Crippen molar-refractivity contribution in [2.45, 2.75) is 5.41 Å². The van der Waals surface area contributed by atoms with Crippen LogP contribution in [0.1, 0.15) is 22.3 Å². The maximum Gasteiger partial charge on any atom is 0.123 e. The van der Waals surface area contributed by atoms with Crippen molar-refractivity contribution in [1.82, 2.24) is 0 Å². The Labute approximate surface area is 355 Å². The van der Waals surface area contributed by atoms with Crippen molar-refractivity contribution in [2.24, 2.45) is 0 Å². The molecular weight excluding hydrogens is 742 g/mol. The minimum atomic E-state index is -0.396. The van der Waals surface area contributed by atoms with Gasteiger partial charge in [-0.05, 0) is 137 Å². The molecule has 61 heavy (non-hydrogen) atoms. The lowest BCUT2D eigenvalue weighted by Crippen LogP contribution is -2.25. The Balaban J connectivity index is 1.02. The largest absolute Gasteiger partial charge is 0.310 e. The molecule has 0 unspecified atom stereocenters. The van der Waals surface area contributed by atoms with Crippen molar-refractivity contribution in [1.29, 1.82) is 0 Å². The summed E-state index contributed by atoms with van der Waals surface area (Å²) in [5, 5.41) is 2.30. The van der Waals surface area contributed by atoms with Gasteiger partial charge in [0.15, 0.2) is 0 Å². The van der Waals surface area contributed by atoms with Crippen molar-refractivity contribution in [2.75, 3.05) is 4.90 Å². The van der Waals surface area contributed by atoms with Gasteiger partial charge in [-0.1, -0.05) is 182 Å². The number of halogens is 1. The highest BCUT2D eigenvalue weighted by atomic mass is 19.1. The van der Waals surface area contributed by atoms with Gasteiger partial charge < -0.3 is 4.90 Å². The lowest BCUT2D eigenvalue weighted by atomic mass is 9.70. The fraction of sp³-hybridized carbons (Fsp3) is 0.0169. The summed E-state index contributed by atoms with van der Waals surface area (Å²) < 4.78 is 14.0. The van der Waals surface area contributed by atoms with Crippen molar-refractivity contribution in [3.8, 4) is 55.6 Å². The number of benzene rings is 10. The van der Waals surface area contributed by atoms with Gasteiger partial charge in [0, 0.05) is 17.1 Å². The fourth-order valence-corrected chi connectivity index (χ4v) is 10.3. The van der Waals surface area contributed by atoms with Crippen molar-refractivity contribution in [3.05, 3.63) is 259 Å². The SMILES string of the molecule is Fc1ccc(-c2cccc3cccc(-c4ccc(N(c5ccc(-c6ccccc6)cc5)c5ccc6c(c5)-c5ccccc5C65c6ccccc6-c6ccccc65)cc4)c23)cc1. The van der Waals surface area contributed by atoms with E-state index in [1.165, 1.54) is 67.8 Å². The van der Waals surface area contributed by atoms with Crippen LogP contribution in [0.2, 0.25) is 0 Å². The average molecular weight is 780 g/mol. The molecule has 2 aliphatic carbocycles. The molecule has 2 heteroatoms. The topological polar surface area (TPSA) is 3.24 Å². The Hall–Kier alpha value is -7.81. The molecule has 0 radical (unpaired) electrons. The van der Waals surface area contributed by atoms with E-state index in [0.29, 0.717) is 0 Å². The third-order valence-corrected chi connectivity index (χ3v) is 13.0. The van der Waals surface area contributed by atoms with Crippen LogP contribution in [-0.4, -0.2) is 0 Å². The Morgan fingerprint density at radius 3 is 1.26 bits per heavy atom. The number of fused-ring (bicyclic) bond motifs is 11. The molecular formula is C59H38FN. The van der Waals surface area contributed by atoms with Crippen LogP contribution >= 0.6 is 0 Å². The van der Waals surface area contributed by atoms with Gasteiger partial charge >= 0.3 is 0 Å². The molecule has 2 aliphatic rings. The summed E-state index contributed by atoms with van der Waals surface area (Å²) >= 11 is 0. The zero-order valence-electron chi connectivity index (χ0n) is 33.3. The first-order valence-electron chi connectivity index (χ1n) is 20.9. The van der Waals surface area contributed by atoms with E-state index in [2.05, 4.69) is 211 Å². The van der Waals surface area contributed by atoms with E-state index < -0.39 is 5.41 Å². The van der Waals surface area contributed by atoms with Gasteiger partial charge in [0.1, 0.15) is 5.82 Å². The summed E-state index contributed by atoms with van der Waals surface area (Å²) in [6.45, 7) is 0. The third kappa shape index (κ3) is 5.39. The van der Waals surface area contributed by atoms with E-state index >= 15 is 0 Å². The fourth-order valence-electron chi connectivity index (χ4n) is 10.3. The Kier molecular flexibility index (Phi) is 8.01. The highest BCUT2D eigenvalue weighted by Crippen LogP contribution is 2.63. The number of anilines is 3. The molecule has 1 spiro atoms. The molecule has 0 saturated heterocycles. The maximum absolute atomic E-state index is 14.0. The predicted molar refractivity (Wildman–Crippen MR) is 251 cm³/mol. The second kappa shape index (κ2) is 13.9. The summed E-state index contributed by atoms with van der Waals surface area (Å²) in [4.78, 5) is 2.38. The molecule has 0 aromatic heterocycles. The monoisotopic (exact) mass is 779 g/mol. The molecule has 0 saturated carbocycles. The summed E-state index contributed by atoms with van der Waals surface area (Å²) in [5.41, 5.74) is 20.0. The smallest absolute Gasteiger partial charge is 0.123 e. The van der Waals surface area contributed by atoms with Crippen LogP contribution in [0.4, 0.5) is 21.5 Å². The maximum atomic E-state index is 14.0. The first-order chi connectivity index (χ1) is 30.2. The molecule has 286 valence electrons. The first kappa shape index (κ1) is 35.2. The number of hydrogen-bond donors (Lipinski definition) is 0. The Bertz CT molecular complexity index is 3240. The van der Waals surface area contributed by atoms with Crippen LogP contribution in [0.3, 0.4) is 0 Å². The van der Waals surface area contributed by atoms with Crippen molar-refractivity contribution in [3.63, 3.8) is 0 Å². The van der Waals surface area contributed by atoms with Crippen LogP contribution in [-0.2, 0) is 5.41 Å². The molecule has 12 rings (SSSR count). The molecule has 0 amide bonds. The molecule has 0 heterocycles. The molecule has 10 aromatic carbocycles. The summed E-state index contributed by atoms with van der Waals surface area (Å²) in [6.07, 6.45) is 0. The van der Waals surface area contributed by atoms with Crippen LogP contribution in [0, 0.1) is 5.82 Å². The molecule has 0 atom stereocenters. The number of hydrogen-bond acceptors (Lipinski definition) is 1. The number of rotatable bonds is 6. The van der Waals surface area contributed by atoms with Crippen LogP contribution < -0.4 is 4.90 Å². The van der Waals surface area contributed by atoms with Crippen LogP contribution in [0.25, 0.3) is 66.4 Å². The summed E-state index contributed by atoms with van der Waals surface area (Å²) in [7, 11) is 0. The van der Waals surface area contributed by atoms with E-state index in [1.807, 2.05) is 12.1 Å². The zero-order chi connectivity index (χ0) is 40.5. The van der Waals surface area contributed by atoms with Gasteiger partial charge in [0.25, 0.3) is 0 Å². The molecule has 1 nitrogen and oxygen atoms in total. The van der Waals surface area contributed by atoms with Gasteiger partial charge in [-0.15, -0.1) is 0 Å². The van der Waals surface area contributed by atoms with Crippen molar-refractivity contribution < 1.29 is 4.39 Å². The van der Waals surface area contributed by atoms with Crippen molar-refractivity contribution >= 4 is 27.8 Å². The average Bonchev–Trinajstić information content (AvgIpc) is 3.79. The molecule has 0 N–H and O–H groups in total. The Morgan fingerprint density at radius 2 is 0.705 bits per heavy atom. The predicted octanol–water partition coefficient (Wildman–Crippen LogP) is 15.8. The summed E-state index contributed by atoms with van der Waals surface area (Å²) in [6, 6.07) is 82.1. The summed E-state index contributed by atoms with van der Waals surface area (Å²) in [5.74, 6) is -0.236. The van der Waals surface area contributed by atoms with E-state index in [9.17, 15) is 4.39 Å². The molecule has 0 fully saturated rings. The second-order valence-electron chi connectivity index (χ2n) is 16.1. The van der Waals surface area contributed by atoms with Gasteiger partial charge in [0.2, 0.25) is 0 Å². The minimum Gasteiger partial charge on any atom is -0.310 e. The minimum absolute atomic E-state index is 0.236. The molecule has 0 aliphatic heterocycles. The quantitative estimate of drug-likeness (QED) is 0.162. The van der Waals surface area contributed by atoms with E-state index in [0.717, 1.165) is 50.1 Å². The lowest BCUT2D eigenvalue weighted by Gasteiger charge is -2.31. The van der Waals surface area contributed by atoms with Gasteiger partial charge in [-0.2, -0.15) is 0 Å². The highest BCUT2D eigenvalue weighted by molar-refractivity contribution is 6.06. The van der Waals surface area contributed by atoms with Crippen LogP contribution in [0.15, 0.2) is 231 Å². The van der Waals surface area contributed by atoms with Gasteiger partial charge in [-0.3, -0.25) is 0 Å². The van der Waals surface area contributed by atoms with Gasteiger partial charge in [0.05, 0.1) is 5.41 Å². The second-order valence-corrected chi connectivity index (χ2v) is 16.1.